The standard InChI is InChI=1S/C24H26N2S.C9H8O3.C2H4O2/c25-17-22-16-23(18-26-22)27-24(19-10-4-1-5-11-19,20-12-6-2-7-13-20)21-14-8-3-9-15-21;1-11-9-7-4-2-6(3-5-7)8(10)12-9;1-2(3)4/h1-15,22-23,26H,16-18,25H2;2-5,9H,1H3;1H3,(H,3,4)/p-1. The zero-order valence-electron chi connectivity index (χ0n) is 24.3. The van der Waals surface area contributed by atoms with Gasteiger partial charge in [0, 0.05) is 43.0 Å². The van der Waals surface area contributed by atoms with E-state index in [4.69, 9.17) is 25.1 Å². The van der Waals surface area contributed by atoms with Crippen molar-refractivity contribution in [3.63, 3.8) is 0 Å². The number of thioether (sulfide) groups is 1. The molecule has 0 saturated carbocycles. The monoisotopic (exact) mass is 597 g/mol. The number of methoxy groups -OCH3 is 1. The molecule has 43 heavy (non-hydrogen) atoms. The maximum absolute atomic E-state index is 11.2. The molecule has 7 nitrogen and oxygen atoms in total. The summed E-state index contributed by atoms with van der Waals surface area (Å²) in [7, 11) is 1.51. The second kappa shape index (κ2) is 15.5. The number of ether oxygens (including phenoxy) is 2. The molecule has 0 amide bonds. The van der Waals surface area contributed by atoms with Gasteiger partial charge >= 0.3 is 5.97 Å². The molecule has 4 aromatic carbocycles. The molecule has 3 aliphatic heterocycles. The first-order valence-electron chi connectivity index (χ1n) is 14.2. The number of carboxylic acids is 1. The molecule has 3 aliphatic rings. The Kier molecular flexibility index (Phi) is 11.5. The lowest BCUT2D eigenvalue weighted by atomic mass is 9.84. The molecule has 0 aromatic heterocycles. The molecule has 0 aliphatic carbocycles. The van der Waals surface area contributed by atoms with Gasteiger partial charge in [-0.15, -0.1) is 11.8 Å². The highest BCUT2D eigenvalue weighted by atomic mass is 32.2. The van der Waals surface area contributed by atoms with E-state index in [2.05, 4.69) is 108 Å². The number of hydrogen-bond donors (Lipinski definition) is 2. The summed E-state index contributed by atoms with van der Waals surface area (Å²) >= 11 is 2.06. The van der Waals surface area contributed by atoms with E-state index in [-0.39, 0.29) is 10.7 Å². The van der Waals surface area contributed by atoms with Crippen LogP contribution < -0.4 is 16.2 Å². The van der Waals surface area contributed by atoms with Crippen LogP contribution in [0, 0.1) is 0 Å². The van der Waals surface area contributed by atoms with Crippen LogP contribution in [0.25, 0.3) is 0 Å². The van der Waals surface area contributed by atoms with E-state index in [9.17, 15) is 4.79 Å². The number of rotatable bonds is 7. The van der Waals surface area contributed by atoms with Gasteiger partial charge in [0.1, 0.15) is 0 Å². The molecule has 224 valence electrons. The summed E-state index contributed by atoms with van der Waals surface area (Å²) in [5.74, 6) is -1.41. The number of carboxylic acid groups (broad SMARTS) is 1. The summed E-state index contributed by atoms with van der Waals surface area (Å²) in [6.45, 7) is 2.67. The summed E-state index contributed by atoms with van der Waals surface area (Å²) in [5.41, 5.74) is 11.3. The Morgan fingerprint density at radius 1 is 0.907 bits per heavy atom. The normalized spacial score (nSPS) is 18.8. The topological polar surface area (TPSA) is 114 Å². The highest BCUT2D eigenvalue weighted by Gasteiger charge is 2.41. The van der Waals surface area contributed by atoms with Gasteiger partial charge in [0.05, 0.1) is 10.3 Å². The number of fused-ring (bicyclic) bond motifs is 4. The molecule has 0 spiro atoms. The molecule has 4 aromatic rings. The molecule has 1 saturated heterocycles. The second-order valence-corrected chi connectivity index (χ2v) is 11.7. The number of nitrogens with one attached hydrogen (secondary N) is 1. The maximum Gasteiger partial charge on any atom is 0.340 e. The van der Waals surface area contributed by atoms with E-state index in [0.29, 0.717) is 23.4 Å². The first-order chi connectivity index (χ1) is 20.9. The fraction of sp³-hybridized carbons (Fsp3) is 0.257. The third-order valence-corrected chi connectivity index (χ3v) is 8.95. The van der Waals surface area contributed by atoms with Gasteiger partial charge in [-0.1, -0.05) is 103 Å². The van der Waals surface area contributed by atoms with Gasteiger partial charge < -0.3 is 30.4 Å². The summed E-state index contributed by atoms with van der Waals surface area (Å²) in [5, 5.41) is 13.0. The Bertz CT molecular complexity index is 1340. The van der Waals surface area contributed by atoms with E-state index in [1.54, 1.807) is 12.1 Å². The number of benzene rings is 4. The van der Waals surface area contributed by atoms with Crippen molar-refractivity contribution < 1.29 is 24.2 Å². The van der Waals surface area contributed by atoms with Crippen LogP contribution in [0.4, 0.5) is 0 Å². The molecule has 2 bridgehead atoms. The first-order valence-corrected chi connectivity index (χ1v) is 15.0. The first kappa shape index (κ1) is 32.0. The van der Waals surface area contributed by atoms with Gasteiger partial charge in [0.2, 0.25) is 6.29 Å². The molecular formula is C35H37N2O5S-. The van der Waals surface area contributed by atoms with Gasteiger partial charge in [-0.05, 0) is 42.2 Å². The van der Waals surface area contributed by atoms with Crippen molar-refractivity contribution in [1.82, 2.24) is 5.32 Å². The molecule has 0 radical (unpaired) electrons. The molecule has 7 rings (SSSR count). The largest absolute Gasteiger partial charge is 0.550 e. The fourth-order valence-corrected chi connectivity index (χ4v) is 7.04. The molecular weight excluding hydrogens is 560 g/mol. The van der Waals surface area contributed by atoms with Crippen LogP contribution in [-0.4, -0.2) is 43.4 Å². The lowest BCUT2D eigenvalue weighted by Crippen LogP contribution is -2.29. The smallest absolute Gasteiger partial charge is 0.340 e. The quantitative estimate of drug-likeness (QED) is 0.234. The van der Waals surface area contributed by atoms with Crippen LogP contribution in [0.5, 0.6) is 0 Å². The summed E-state index contributed by atoms with van der Waals surface area (Å²) in [6.07, 6.45) is 0.556. The highest BCUT2D eigenvalue weighted by Crippen LogP contribution is 2.51. The van der Waals surface area contributed by atoms with Gasteiger partial charge in [-0.25, -0.2) is 4.79 Å². The summed E-state index contributed by atoms with van der Waals surface area (Å²) in [4.78, 5) is 20.1. The summed E-state index contributed by atoms with van der Waals surface area (Å²) < 4.78 is 9.73. The lowest BCUT2D eigenvalue weighted by molar-refractivity contribution is -0.302. The van der Waals surface area contributed by atoms with Crippen molar-refractivity contribution in [3.8, 4) is 0 Å². The molecule has 3 N–H and O–H groups in total. The minimum atomic E-state index is -1.08. The highest BCUT2D eigenvalue weighted by molar-refractivity contribution is 8.01. The van der Waals surface area contributed by atoms with Gasteiger partial charge in [0.25, 0.3) is 0 Å². The molecule has 8 heteroatoms. The van der Waals surface area contributed by atoms with Gasteiger partial charge in [-0.2, -0.15) is 0 Å². The van der Waals surface area contributed by atoms with Crippen LogP contribution >= 0.6 is 11.8 Å². The van der Waals surface area contributed by atoms with E-state index >= 15 is 0 Å². The van der Waals surface area contributed by atoms with Gasteiger partial charge in [-0.3, -0.25) is 0 Å². The van der Waals surface area contributed by atoms with Crippen LogP contribution in [-0.2, 0) is 19.0 Å². The molecule has 3 atom stereocenters. The summed E-state index contributed by atoms with van der Waals surface area (Å²) in [6, 6.07) is 40.2. The van der Waals surface area contributed by atoms with Crippen molar-refractivity contribution in [2.45, 2.75) is 35.7 Å². The van der Waals surface area contributed by atoms with Gasteiger partial charge in [0.15, 0.2) is 0 Å². The van der Waals surface area contributed by atoms with Crippen LogP contribution in [0.2, 0.25) is 0 Å². The average Bonchev–Trinajstić information content (AvgIpc) is 3.38. The number of carbonyl (C=O) groups excluding carboxylic acids is 2. The zero-order chi connectivity index (χ0) is 30.7. The third-order valence-electron chi connectivity index (χ3n) is 7.20. The Balaban J connectivity index is 0.000000218. The SMILES string of the molecule is CC(=O)[O-].COC1OC(=O)c2ccc1cc2.NCC1CC(SC(c2ccccc2)(c2ccccc2)c2ccccc2)CN1. The van der Waals surface area contributed by atoms with E-state index < -0.39 is 12.3 Å². The van der Waals surface area contributed by atoms with Crippen LogP contribution in [0.15, 0.2) is 115 Å². The van der Waals surface area contributed by atoms with Crippen LogP contribution in [0.1, 0.15) is 52.2 Å². The fourth-order valence-electron chi connectivity index (χ4n) is 5.22. The van der Waals surface area contributed by atoms with Crippen LogP contribution in [0.3, 0.4) is 0 Å². The number of carbonyl (C=O) groups is 2. The van der Waals surface area contributed by atoms with Crippen molar-refractivity contribution in [3.05, 3.63) is 143 Å². The van der Waals surface area contributed by atoms with Crippen molar-refractivity contribution >= 4 is 23.7 Å². The maximum atomic E-state index is 11.2. The minimum Gasteiger partial charge on any atom is -0.550 e. The minimum absolute atomic E-state index is 0.236. The average molecular weight is 598 g/mol. The second-order valence-electron chi connectivity index (χ2n) is 10.2. The number of esters is 1. The Labute approximate surface area is 257 Å². The Hall–Kier alpha value is -3.95. The van der Waals surface area contributed by atoms with Crippen molar-refractivity contribution in [1.29, 1.82) is 0 Å². The Morgan fingerprint density at radius 2 is 1.37 bits per heavy atom. The number of aliphatic carboxylic acids is 1. The van der Waals surface area contributed by atoms with Crippen molar-refractivity contribution in [2.75, 3.05) is 20.2 Å². The van der Waals surface area contributed by atoms with E-state index in [1.165, 1.54) is 23.8 Å². The predicted octanol–water partition coefficient (Wildman–Crippen LogP) is 4.66. The molecule has 1 fully saturated rings. The third kappa shape index (κ3) is 8.12. The number of hydrogen-bond acceptors (Lipinski definition) is 8. The van der Waals surface area contributed by atoms with Crippen molar-refractivity contribution in [2.24, 2.45) is 5.73 Å². The number of nitrogens with two attached hydrogens (primary N) is 1. The molecule has 3 heterocycles. The molecule has 3 unspecified atom stereocenters. The van der Waals surface area contributed by atoms with E-state index in [0.717, 1.165) is 25.5 Å². The van der Waals surface area contributed by atoms with E-state index in [1.807, 2.05) is 12.1 Å². The lowest BCUT2D eigenvalue weighted by Gasteiger charge is -2.37. The predicted molar refractivity (Wildman–Crippen MR) is 168 cm³/mol. The Morgan fingerprint density at radius 3 is 1.77 bits per heavy atom. The zero-order valence-corrected chi connectivity index (χ0v) is 25.2.